The van der Waals surface area contributed by atoms with Gasteiger partial charge >= 0.3 is 0 Å². The molecule has 1 aliphatic heterocycles. The molecule has 0 aliphatic carbocycles. The predicted octanol–water partition coefficient (Wildman–Crippen LogP) is 4.21. The molecule has 0 saturated carbocycles. The van der Waals surface area contributed by atoms with Crippen LogP contribution in [0.25, 0.3) is 0 Å². The molecule has 0 radical (unpaired) electrons. The SMILES string of the molecule is Cc1ccccc1C1CC(O)c2cc(Cl)ccc2O1. The van der Waals surface area contributed by atoms with Crippen LogP contribution in [0.4, 0.5) is 0 Å². The lowest BCUT2D eigenvalue weighted by Gasteiger charge is -2.30. The standard InChI is InChI=1S/C16H15ClO2/c1-10-4-2-3-5-12(10)16-9-14(18)13-8-11(17)6-7-15(13)19-16/h2-8,14,16,18H,9H2,1H3. The van der Waals surface area contributed by atoms with Gasteiger partial charge in [-0.05, 0) is 36.2 Å². The topological polar surface area (TPSA) is 29.5 Å². The molecule has 1 aliphatic rings. The Labute approximate surface area is 117 Å². The lowest BCUT2D eigenvalue weighted by Crippen LogP contribution is -2.19. The van der Waals surface area contributed by atoms with Crippen LogP contribution in [0, 0.1) is 6.92 Å². The molecule has 2 aromatic rings. The number of aryl methyl sites for hydroxylation is 1. The average molecular weight is 275 g/mol. The summed E-state index contributed by atoms with van der Waals surface area (Å²) in [7, 11) is 0. The van der Waals surface area contributed by atoms with E-state index >= 15 is 0 Å². The van der Waals surface area contributed by atoms with Gasteiger partial charge in [0.2, 0.25) is 0 Å². The molecule has 0 bridgehead atoms. The summed E-state index contributed by atoms with van der Waals surface area (Å²) in [4.78, 5) is 0. The molecule has 2 aromatic carbocycles. The van der Waals surface area contributed by atoms with Gasteiger partial charge in [0.05, 0.1) is 6.10 Å². The number of rotatable bonds is 1. The van der Waals surface area contributed by atoms with Crippen molar-refractivity contribution in [2.24, 2.45) is 0 Å². The van der Waals surface area contributed by atoms with Gasteiger partial charge in [-0.25, -0.2) is 0 Å². The lowest BCUT2D eigenvalue weighted by atomic mass is 9.93. The quantitative estimate of drug-likeness (QED) is 0.844. The first kappa shape index (κ1) is 12.5. The summed E-state index contributed by atoms with van der Waals surface area (Å²) in [6, 6.07) is 13.5. The summed E-state index contributed by atoms with van der Waals surface area (Å²) < 4.78 is 6.01. The Hall–Kier alpha value is -1.51. The summed E-state index contributed by atoms with van der Waals surface area (Å²) in [5, 5.41) is 10.9. The van der Waals surface area contributed by atoms with Gasteiger partial charge in [0.1, 0.15) is 11.9 Å². The van der Waals surface area contributed by atoms with E-state index in [-0.39, 0.29) is 6.10 Å². The number of halogens is 1. The molecule has 0 spiro atoms. The van der Waals surface area contributed by atoms with Crippen LogP contribution < -0.4 is 4.74 Å². The highest BCUT2D eigenvalue weighted by molar-refractivity contribution is 6.30. The molecule has 2 unspecified atom stereocenters. The number of hydrogen-bond acceptors (Lipinski definition) is 2. The largest absolute Gasteiger partial charge is 0.485 e. The van der Waals surface area contributed by atoms with Crippen molar-refractivity contribution in [3.8, 4) is 5.75 Å². The molecular formula is C16H15ClO2. The summed E-state index contributed by atoms with van der Waals surface area (Å²) >= 11 is 5.95. The molecule has 3 heteroatoms. The third-order valence-electron chi connectivity index (χ3n) is 3.57. The summed E-state index contributed by atoms with van der Waals surface area (Å²) in [5.74, 6) is 0.719. The van der Waals surface area contributed by atoms with E-state index in [9.17, 15) is 5.11 Å². The second-order valence-electron chi connectivity index (χ2n) is 4.90. The molecule has 0 fully saturated rings. The van der Waals surface area contributed by atoms with Crippen molar-refractivity contribution in [1.82, 2.24) is 0 Å². The summed E-state index contributed by atoms with van der Waals surface area (Å²) in [6.45, 7) is 2.06. The normalized spacial score (nSPS) is 21.6. The zero-order chi connectivity index (χ0) is 13.4. The minimum atomic E-state index is -0.535. The van der Waals surface area contributed by atoms with Gasteiger partial charge in [0.25, 0.3) is 0 Å². The van der Waals surface area contributed by atoms with Crippen LogP contribution >= 0.6 is 11.6 Å². The maximum Gasteiger partial charge on any atom is 0.127 e. The van der Waals surface area contributed by atoms with E-state index < -0.39 is 6.10 Å². The molecule has 0 amide bonds. The molecule has 98 valence electrons. The van der Waals surface area contributed by atoms with Crippen molar-refractivity contribution in [3.05, 3.63) is 64.2 Å². The van der Waals surface area contributed by atoms with Gasteiger partial charge in [-0.1, -0.05) is 35.9 Å². The highest BCUT2D eigenvalue weighted by Crippen LogP contribution is 2.42. The molecule has 2 nitrogen and oxygen atoms in total. The number of aliphatic hydroxyl groups is 1. The third kappa shape index (κ3) is 2.34. The second-order valence-corrected chi connectivity index (χ2v) is 5.33. The van der Waals surface area contributed by atoms with Crippen LogP contribution in [0.2, 0.25) is 5.02 Å². The van der Waals surface area contributed by atoms with E-state index in [1.807, 2.05) is 24.3 Å². The minimum absolute atomic E-state index is 0.107. The minimum Gasteiger partial charge on any atom is -0.485 e. The first-order valence-electron chi connectivity index (χ1n) is 6.35. The fourth-order valence-electron chi connectivity index (χ4n) is 2.56. The molecule has 0 aromatic heterocycles. The van der Waals surface area contributed by atoms with E-state index in [0.29, 0.717) is 11.4 Å². The number of benzene rings is 2. The van der Waals surface area contributed by atoms with Crippen molar-refractivity contribution in [2.45, 2.75) is 25.6 Å². The van der Waals surface area contributed by atoms with Crippen molar-refractivity contribution in [2.75, 3.05) is 0 Å². The maximum atomic E-state index is 10.3. The fraction of sp³-hybridized carbons (Fsp3) is 0.250. The van der Waals surface area contributed by atoms with Gasteiger partial charge in [0, 0.05) is 17.0 Å². The summed E-state index contributed by atoms with van der Waals surface area (Å²) in [6.07, 6.45) is -0.0880. The van der Waals surface area contributed by atoms with Gasteiger partial charge in [0.15, 0.2) is 0 Å². The first-order chi connectivity index (χ1) is 9.15. The Morgan fingerprint density at radius 2 is 1.95 bits per heavy atom. The van der Waals surface area contributed by atoms with Crippen molar-refractivity contribution < 1.29 is 9.84 Å². The zero-order valence-corrected chi connectivity index (χ0v) is 11.4. The molecular weight excluding hydrogens is 260 g/mol. The molecule has 0 saturated heterocycles. The Kier molecular flexibility index (Phi) is 3.21. The van der Waals surface area contributed by atoms with Crippen LogP contribution in [0.5, 0.6) is 5.75 Å². The van der Waals surface area contributed by atoms with Gasteiger partial charge in [-0.3, -0.25) is 0 Å². The Morgan fingerprint density at radius 3 is 2.74 bits per heavy atom. The third-order valence-corrected chi connectivity index (χ3v) is 3.81. The van der Waals surface area contributed by atoms with Gasteiger partial charge in [-0.2, -0.15) is 0 Å². The summed E-state index contributed by atoms with van der Waals surface area (Å²) in [5.41, 5.74) is 3.08. The maximum absolute atomic E-state index is 10.3. The van der Waals surface area contributed by atoms with Crippen LogP contribution in [0.3, 0.4) is 0 Å². The van der Waals surface area contributed by atoms with Crippen molar-refractivity contribution >= 4 is 11.6 Å². The smallest absolute Gasteiger partial charge is 0.127 e. The monoisotopic (exact) mass is 274 g/mol. The Balaban J connectivity index is 1.97. The lowest BCUT2D eigenvalue weighted by molar-refractivity contribution is 0.0655. The van der Waals surface area contributed by atoms with Crippen molar-refractivity contribution in [3.63, 3.8) is 0 Å². The predicted molar refractivity (Wildman–Crippen MR) is 75.6 cm³/mol. The first-order valence-corrected chi connectivity index (χ1v) is 6.72. The van der Waals surface area contributed by atoms with Crippen LogP contribution in [0.1, 0.15) is 35.3 Å². The highest BCUT2D eigenvalue weighted by Gasteiger charge is 2.28. The Morgan fingerprint density at radius 1 is 1.16 bits per heavy atom. The number of aliphatic hydroxyl groups excluding tert-OH is 1. The van der Waals surface area contributed by atoms with Crippen molar-refractivity contribution in [1.29, 1.82) is 0 Å². The van der Waals surface area contributed by atoms with Gasteiger partial charge in [-0.15, -0.1) is 0 Å². The van der Waals surface area contributed by atoms with E-state index in [4.69, 9.17) is 16.3 Å². The molecule has 19 heavy (non-hydrogen) atoms. The average Bonchev–Trinajstić information content (AvgIpc) is 2.40. The van der Waals surface area contributed by atoms with Gasteiger partial charge < -0.3 is 9.84 Å². The van der Waals surface area contributed by atoms with Crippen LogP contribution in [-0.4, -0.2) is 5.11 Å². The second kappa shape index (κ2) is 4.87. The molecule has 3 rings (SSSR count). The number of fused-ring (bicyclic) bond motifs is 1. The zero-order valence-electron chi connectivity index (χ0n) is 10.6. The number of hydrogen-bond donors (Lipinski definition) is 1. The highest BCUT2D eigenvalue weighted by atomic mass is 35.5. The molecule has 1 heterocycles. The van der Waals surface area contributed by atoms with E-state index in [2.05, 4.69) is 13.0 Å². The van der Waals surface area contributed by atoms with Crippen LogP contribution in [-0.2, 0) is 0 Å². The molecule has 2 atom stereocenters. The van der Waals surface area contributed by atoms with E-state index in [1.54, 1.807) is 12.1 Å². The molecule has 1 N–H and O–H groups in total. The Bertz CT molecular complexity index is 609. The number of ether oxygens (including phenoxy) is 1. The van der Waals surface area contributed by atoms with E-state index in [1.165, 1.54) is 5.56 Å². The van der Waals surface area contributed by atoms with Crippen LogP contribution in [0.15, 0.2) is 42.5 Å². The van der Waals surface area contributed by atoms with E-state index in [0.717, 1.165) is 16.9 Å². The fourth-order valence-corrected chi connectivity index (χ4v) is 2.74.